The van der Waals surface area contributed by atoms with Crippen molar-refractivity contribution in [1.82, 2.24) is 4.98 Å². The van der Waals surface area contributed by atoms with Crippen LogP contribution in [0.3, 0.4) is 0 Å². The van der Waals surface area contributed by atoms with Gasteiger partial charge in [-0.1, -0.05) is 32.4 Å². The molecule has 0 saturated heterocycles. The first kappa shape index (κ1) is 13.6. The van der Waals surface area contributed by atoms with Crippen molar-refractivity contribution < 1.29 is 0 Å². The van der Waals surface area contributed by atoms with E-state index in [1.54, 1.807) is 5.57 Å². The average molecular weight is 309 g/mol. The Kier molecular flexibility index (Phi) is 3.81. The van der Waals surface area contributed by atoms with Crippen LogP contribution in [0.1, 0.15) is 32.8 Å². The van der Waals surface area contributed by atoms with Crippen LogP contribution < -0.4 is 4.90 Å². The van der Waals surface area contributed by atoms with Crippen LogP contribution in [0.5, 0.6) is 0 Å². The van der Waals surface area contributed by atoms with Crippen molar-refractivity contribution in [1.29, 1.82) is 0 Å². The second-order valence-corrected chi connectivity index (χ2v) is 6.82. The summed E-state index contributed by atoms with van der Waals surface area (Å²) in [6.45, 7) is 11.0. The number of anilines is 1. The predicted molar refractivity (Wildman–Crippen MR) is 81.0 cm³/mol. The highest BCUT2D eigenvalue weighted by Gasteiger charge is 2.21. The number of aromatic nitrogens is 1. The Bertz CT molecular complexity index is 472. The van der Waals surface area contributed by atoms with Crippen LogP contribution in [0.25, 0.3) is 0 Å². The van der Waals surface area contributed by atoms with E-state index in [-0.39, 0.29) is 0 Å². The zero-order valence-corrected chi connectivity index (χ0v) is 13.2. The zero-order chi connectivity index (χ0) is 13.3. The Balaban J connectivity index is 2.14. The summed E-state index contributed by atoms with van der Waals surface area (Å²) >= 11 is 3.50. The number of nitrogens with zero attached hydrogens (tertiary/aromatic N) is 2. The van der Waals surface area contributed by atoms with Gasteiger partial charge in [0.25, 0.3) is 0 Å². The normalized spacial score (nSPS) is 16.7. The zero-order valence-electron chi connectivity index (χ0n) is 11.6. The minimum Gasteiger partial charge on any atom is -0.353 e. The van der Waals surface area contributed by atoms with E-state index < -0.39 is 0 Å². The second-order valence-electron chi connectivity index (χ2n) is 5.97. The summed E-state index contributed by atoms with van der Waals surface area (Å²) in [5, 5.41) is 0. The van der Waals surface area contributed by atoms with E-state index in [2.05, 4.69) is 65.7 Å². The lowest BCUT2D eigenvalue weighted by Gasteiger charge is -2.33. The van der Waals surface area contributed by atoms with Gasteiger partial charge in [0, 0.05) is 23.8 Å². The smallest absolute Gasteiger partial charge is 0.129 e. The molecule has 3 heteroatoms. The summed E-state index contributed by atoms with van der Waals surface area (Å²) in [6.07, 6.45) is 5.40. The fourth-order valence-corrected chi connectivity index (χ4v) is 2.47. The van der Waals surface area contributed by atoms with E-state index in [0.717, 1.165) is 29.8 Å². The minimum absolute atomic E-state index is 0.301. The quantitative estimate of drug-likeness (QED) is 0.718. The monoisotopic (exact) mass is 308 g/mol. The molecule has 0 aromatic carbocycles. The standard InChI is InChI=1S/C15H21BrN2/c1-11-9-14(17-10-13(11)16)18-7-5-12(6-8-18)15(2,3)4/h5,9-10H,6-8H2,1-4H3. The van der Waals surface area contributed by atoms with Gasteiger partial charge < -0.3 is 4.90 Å². The Morgan fingerprint density at radius 3 is 2.56 bits per heavy atom. The van der Waals surface area contributed by atoms with E-state index in [4.69, 9.17) is 0 Å². The van der Waals surface area contributed by atoms with Gasteiger partial charge >= 0.3 is 0 Å². The van der Waals surface area contributed by atoms with Crippen molar-refractivity contribution in [2.24, 2.45) is 5.41 Å². The molecule has 0 spiro atoms. The molecule has 1 aliphatic heterocycles. The summed E-state index contributed by atoms with van der Waals surface area (Å²) in [4.78, 5) is 6.84. The predicted octanol–water partition coefficient (Wildman–Crippen LogP) is 4.34. The molecule has 2 nitrogen and oxygen atoms in total. The van der Waals surface area contributed by atoms with Crippen LogP contribution >= 0.6 is 15.9 Å². The van der Waals surface area contributed by atoms with Crippen LogP contribution in [0, 0.1) is 12.3 Å². The van der Waals surface area contributed by atoms with Crippen LogP contribution in [0.15, 0.2) is 28.4 Å². The van der Waals surface area contributed by atoms with Crippen molar-refractivity contribution in [2.45, 2.75) is 34.1 Å². The first-order chi connectivity index (χ1) is 8.38. The van der Waals surface area contributed by atoms with Crippen molar-refractivity contribution >= 4 is 21.7 Å². The van der Waals surface area contributed by atoms with E-state index in [1.165, 1.54) is 5.56 Å². The van der Waals surface area contributed by atoms with Crippen LogP contribution in [-0.2, 0) is 0 Å². The molecular formula is C15H21BrN2. The number of pyridine rings is 1. The van der Waals surface area contributed by atoms with Crippen molar-refractivity contribution in [3.8, 4) is 0 Å². The molecule has 0 N–H and O–H groups in total. The number of halogens is 1. The Morgan fingerprint density at radius 2 is 2.06 bits per heavy atom. The molecule has 18 heavy (non-hydrogen) atoms. The number of hydrogen-bond acceptors (Lipinski definition) is 2. The number of rotatable bonds is 1. The highest BCUT2D eigenvalue weighted by atomic mass is 79.9. The molecule has 1 aromatic heterocycles. The molecule has 0 unspecified atom stereocenters. The van der Waals surface area contributed by atoms with Gasteiger partial charge in [-0.25, -0.2) is 4.98 Å². The third-order valence-corrected chi connectivity index (χ3v) is 4.36. The highest BCUT2D eigenvalue weighted by molar-refractivity contribution is 9.10. The lowest BCUT2D eigenvalue weighted by atomic mass is 9.83. The van der Waals surface area contributed by atoms with Crippen LogP contribution in [0.2, 0.25) is 0 Å². The molecule has 0 atom stereocenters. The Labute approximate surface area is 118 Å². The van der Waals surface area contributed by atoms with E-state index in [0.29, 0.717) is 5.41 Å². The number of hydrogen-bond donors (Lipinski definition) is 0. The molecule has 1 aromatic rings. The first-order valence-electron chi connectivity index (χ1n) is 6.44. The summed E-state index contributed by atoms with van der Waals surface area (Å²) in [5.41, 5.74) is 3.10. The van der Waals surface area contributed by atoms with Gasteiger partial charge in [-0.3, -0.25) is 0 Å². The average Bonchev–Trinajstić information content (AvgIpc) is 2.32. The second kappa shape index (κ2) is 5.04. The molecule has 1 aliphatic rings. The lowest BCUT2D eigenvalue weighted by Crippen LogP contribution is -2.31. The summed E-state index contributed by atoms with van der Waals surface area (Å²) in [5.74, 6) is 1.08. The SMILES string of the molecule is Cc1cc(N2CC=C(C(C)(C)C)CC2)ncc1Br. The van der Waals surface area contributed by atoms with E-state index >= 15 is 0 Å². The maximum absolute atomic E-state index is 4.50. The summed E-state index contributed by atoms with van der Waals surface area (Å²) in [7, 11) is 0. The molecule has 0 aliphatic carbocycles. The molecule has 0 radical (unpaired) electrons. The topological polar surface area (TPSA) is 16.1 Å². The van der Waals surface area contributed by atoms with E-state index in [1.807, 2.05) is 6.20 Å². The highest BCUT2D eigenvalue weighted by Crippen LogP contribution is 2.31. The van der Waals surface area contributed by atoms with Crippen LogP contribution in [-0.4, -0.2) is 18.1 Å². The Hall–Kier alpha value is -0.830. The van der Waals surface area contributed by atoms with Gasteiger partial charge in [-0.15, -0.1) is 0 Å². The van der Waals surface area contributed by atoms with Gasteiger partial charge in [0.1, 0.15) is 5.82 Å². The summed E-state index contributed by atoms with van der Waals surface area (Å²) in [6, 6.07) is 2.15. The Morgan fingerprint density at radius 1 is 1.33 bits per heavy atom. The molecule has 0 amide bonds. The van der Waals surface area contributed by atoms with E-state index in [9.17, 15) is 0 Å². The fourth-order valence-electron chi connectivity index (χ4n) is 2.26. The summed E-state index contributed by atoms with van der Waals surface area (Å²) < 4.78 is 1.08. The molecular weight excluding hydrogens is 288 g/mol. The van der Waals surface area contributed by atoms with Crippen molar-refractivity contribution in [3.05, 3.63) is 33.9 Å². The third kappa shape index (κ3) is 2.94. The molecule has 98 valence electrons. The molecule has 2 heterocycles. The van der Waals surface area contributed by atoms with Gasteiger partial charge in [-0.05, 0) is 46.3 Å². The molecule has 0 fully saturated rings. The van der Waals surface area contributed by atoms with Gasteiger partial charge in [0.15, 0.2) is 0 Å². The largest absolute Gasteiger partial charge is 0.353 e. The minimum atomic E-state index is 0.301. The van der Waals surface area contributed by atoms with Crippen LogP contribution in [0.4, 0.5) is 5.82 Å². The molecule has 0 bridgehead atoms. The van der Waals surface area contributed by atoms with Crippen molar-refractivity contribution in [3.63, 3.8) is 0 Å². The molecule has 2 rings (SSSR count). The number of aryl methyl sites for hydroxylation is 1. The maximum Gasteiger partial charge on any atom is 0.129 e. The maximum atomic E-state index is 4.50. The van der Waals surface area contributed by atoms with Gasteiger partial charge in [0.2, 0.25) is 0 Å². The van der Waals surface area contributed by atoms with Gasteiger partial charge in [-0.2, -0.15) is 0 Å². The third-order valence-electron chi connectivity index (χ3n) is 3.53. The van der Waals surface area contributed by atoms with Gasteiger partial charge in [0.05, 0.1) is 0 Å². The fraction of sp³-hybridized carbons (Fsp3) is 0.533. The van der Waals surface area contributed by atoms with Crippen molar-refractivity contribution in [2.75, 3.05) is 18.0 Å². The molecule has 0 saturated carbocycles. The lowest BCUT2D eigenvalue weighted by molar-refractivity contribution is 0.472. The first-order valence-corrected chi connectivity index (χ1v) is 7.24.